The maximum absolute atomic E-state index is 12.6. The van der Waals surface area contributed by atoms with Gasteiger partial charge in [0.25, 0.3) is 0 Å². The lowest BCUT2D eigenvalue weighted by Gasteiger charge is -2.29. The molecule has 0 radical (unpaired) electrons. The summed E-state index contributed by atoms with van der Waals surface area (Å²) < 4.78 is 0. The summed E-state index contributed by atoms with van der Waals surface area (Å²) in [5, 5.41) is 13.8. The van der Waals surface area contributed by atoms with Gasteiger partial charge in [-0.1, -0.05) is 13.8 Å². The lowest BCUT2D eigenvalue weighted by atomic mass is 10.0. The van der Waals surface area contributed by atoms with E-state index in [9.17, 15) is 19.2 Å². The molecule has 1 fully saturated rings. The average molecular weight is 421 g/mol. The number of carboxylic acids is 1. The van der Waals surface area contributed by atoms with Crippen LogP contribution in [0.4, 0.5) is 0 Å². The van der Waals surface area contributed by atoms with Crippen molar-refractivity contribution in [3.63, 3.8) is 0 Å². The van der Waals surface area contributed by atoms with Crippen molar-refractivity contribution in [2.24, 2.45) is 11.7 Å². The number of carbonyl (C=O) groups excluding carboxylic acids is 3. The topological polar surface area (TPSA) is 142 Å². The van der Waals surface area contributed by atoms with E-state index in [1.54, 1.807) is 0 Å². The molecule has 5 N–H and O–H groups in total. The van der Waals surface area contributed by atoms with Gasteiger partial charge in [0.05, 0.1) is 6.04 Å². The third kappa shape index (κ3) is 6.28. The molecule has 0 aromatic heterocycles. The summed E-state index contributed by atoms with van der Waals surface area (Å²) in [7, 11) is 0. The molecule has 0 saturated carbocycles. The van der Waals surface area contributed by atoms with Crippen molar-refractivity contribution in [2.75, 3.05) is 18.1 Å². The second kappa shape index (κ2) is 10.8. The Balaban J connectivity index is 2.77. The van der Waals surface area contributed by atoms with E-state index in [2.05, 4.69) is 35.9 Å². The largest absolute Gasteiger partial charge is 0.480 e. The zero-order valence-electron chi connectivity index (χ0n) is 15.4. The Hall–Kier alpha value is -1.46. The number of aliphatic carboxylic acids is 1. The molecule has 4 atom stereocenters. The maximum atomic E-state index is 12.6. The molecule has 27 heavy (non-hydrogen) atoms. The normalized spacial score (nSPS) is 20.1. The quantitative estimate of drug-likeness (QED) is 0.261. The number of hydrogen-bond acceptors (Lipinski definition) is 7. The molecule has 1 saturated heterocycles. The summed E-state index contributed by atoms with van der Waals surface area (Å²) in [5.74, 6) is -2.85. The number of nitrogens with two attached hydrogens (primary N) is 1. The minimum Gasteiger partial charge on any atom is -0.480 e. The van der Waals surface area contributed by atoms with E-state index in [1.165, 1.54) is 4.90 Å². The van der Waals surface area contributed by atoms with Gasteiger partial charge in [0.1, 0.15) is 18.1 Å². The number of rotatable bonds is 9. The molecule has 1 rings (SSSR count). The molecule has 0 aromatic carbocycles. The molecular weight excluding hydrogens is 392 g/mol. The van der Waals surface area contributed by atoms with Crippen LogP contribution in [0, 0.1) is 5.92 Å². The monoisotopic (exact) mass is 420 g/mol. The Labute approximate surface area is 169 Å². The molecule has 0 aromatic rings. The third-order valence-corrected chi connectivity index (χ3v) is 5.18. The van der Waals surface area contributed by atoms with Crippen molar-refractivity contribution < 1.29 is 24.3 Å². The average Bonchev–Trinajstić information content (AvgIpc) is 3.11. The van der Waals surface area contributed by atoms with Gasteiger partial charge in [0.2, 0.25) is 17.7 Å². The number of nitrogens with zero attached hydrogens (tertiary/aromatic N) is 1. The number of carbonyl (C=O) groups is 4. The smallest absolute Gasteiger partial charge is 0.327 e. The predicted octanol–water partition coefficient (Wildman–Crippen LogP) is -1.13. The highest BCUT2D eigenvalue weighted by molar-refractivity contribution is 7.80. The maximum Gasteiger partial charge on any atom is 0.327 e. The second-order valence-electron chi connectivity index (χ2n) is 6.79. The zero-order chi connectivity index (χ0) is 20.7. The summed E-state index contributed by atoms with van der Waals surface area (Å²) in [5.41, 5.74) is 5.91. The highest BCUT2D eigenvalue weighted by Gasteiger charge is 2.38. The van der Waals surface area contributed by atoms with Gasteiger partial charge in [-0.2, -0.15) is 25.3 Å². The first-order valence-corrected chi connectivity index (χ1v) is 10.0. The van der Waals surface area contributed by atoms with Crippen LogP contribution in [0.25, 0.3) is 0 Å². The van der Waals surface area contributed by atoms with E-state index in [0.717, 1.165) is 0 Å². The van der Waals surface area contributed by atoms with Crippen LogP contribution in [0.5, 0.6) is 0 Å². The van der Waals surface area contributed by atoms with Crippen molar-refractivity contribution in [1.82, 2.24) is 15.5 Å². The Morgan fingerprint density at radius 1 is 1.15 bits per heavy atom. The van der Waals surface area contributed by atoms with Crippen LogP contribution in [-0.2, 0) is 19.2 Å². The Bertz CT molecular complexity index is 575. The minimum atomic E-state index is -1.22. The molecule has 11 heteroatoms. The van der Waals surface area contributed by atoms with Gasteiger partial charge < -0.3 is 26.4 Å². The fourth-order valence-electron chi connectivity index (χ4n) is 2.70. The number of thiol groups is 2. The molecule has 9 nitrogen and oxygen atoms in total. The SMILES string of the molecule is CC(C)C(N)C(=O)N1CCCC1C(=O)NC(CS)C(=O)NC(CS)C(=O)O. The van der Waals surface area contributed by atoms with Gasteiger partial charge in [0, 0.05) is 18.1 Å². The van der Waals surface area contributed by atoms with Crippen molar-refractivity contribution in [3.8, 4) is 0 Å². The highest BCUT2D eigenvalue weighted by atomic mass is 32.1. The van der Waals surface area contributed by atoms with E-state index >= 15 is 0 Å². The Kier molecular flexibility index (Phi) is 9.40. The first-order chi connectivity index (χ1) is 12.6. The number of likely N-dealkylation sites (tertiary alicyclic amines) is 1. The van der Waals surface area contributed by atoms with Crippen LogP contribution in [0.1, 0.15) is 26.7 Å². The molecule has 0 bridgehead atoms. The molecule has 3 amide bonds. The first-order valence-electron chi connectivity index (χ1n) is 8.75. The van der Waals surface area contributed by atoms with Gasteiger partial charge in [-0.25, -0.2) is 4.79 Å². The van der Waals surface area contributed by atoms with Crippen LogP contribution in [0.3, 0.4) is 0 Å². The third-order valence-electron chi connectivity index (χ3n) is 4.45. The fourth-order valence-corrected chi connectivity index (χ4v) is 3.20. The Morgan fingerprint density at radius 3 is 2.22 bits per heavy atom. The number of nitrogens with one attached hydrogen (secondary N) is 2. The summed E-state index contributed by atoms with van der Waals surface area (Å²) in [4.78, 5) is 49.8. The summed E-state index contributed by atoms with van der Waals surface area (Å²) in [6.45, 7) is 4.08. The molecule has 0 spiro atoms. The van der Waals surface area contributed by atoms with Crippen molar-refractivity contribution in [3.05, 3.63) is 0 Å². The molecule has 1 aliphatic heterocycles. The summed E-state index contributed by atoms with van der Waals surface area (Å²) in [6.07, 6.45) is 1.13. The van der Waals surface area contributed by atoms with Gasteiger partial charge in [-0.05, 0) is 18.8 Å². The van der Waals surface area contributed by atoms with E-state index in [0.29, 0.717) is 19.4 Å². The molecule has 4 unspecified atom stereocenters. The first kappa shape index (κ1) is 23.6. The fraction of sp³-hybridized carbons (Fsp3) is 0.750. The van der Waals surface area contributed by atoms with Crippen molar-refractivity contribution in [1.29, 1.82) is 0 Å². The molecular formula is C16H28N4O5S2. The number of hydrogen-bond donors (Lipinski definition) is 6. The summed E-state index contributed by atoms with van der Waals surface area (Å²) in [6, 6.07) is -3.61. The van der Waals surface area contributed by atoms with Gasteiger partial charge in [0.15, 0.2) is 0 Å². The lowest BCUT2D eigenvalue weighted by Crippen LogP contribution is -2.57. The number of carboxylic acid groups (broad SMARTS) is 1. The van der Waals surface area contributed by atoms with Crippen LogP contribution in [0.2, 0.25) is 0 Å². The van der Waals surface area contributed by atoms with Gasteiger partial charge >= 0.3 is 5.97 Å². The van der Waals surface area contributed by atoms with E-state index < -0.39 is 42.0 Å². The number of amides is 3. The van der Waals surface area contributed by atoms with Gasteiger partial charge in [-0.15, -0.1) is 0 Å². The molecule has 1 aliphatic rings. The van der Waals surface area contributed by atoms with Gasteiger partial charge in [-0.3, -0.25) is 14.4 Å². The van der Waals surface area contributed by atoms with E-state index in [4.69, 9.17) is 10.8 Å². The predicted molar refractivity (Wildman–Crippen MR) is 107 cm³/mol. The molecule has 0 aliphatic carbocycles. The second-order valence-corrected chi connectivity index (χ2v) is 7.52. The Morgan fingerprint density at radius 2 is 1.74 bits per heavy atom. The van der Waals surface area contributed by atoms with E-state index in [1.807, 2.05) is 13.8 Å². The highest BCUT2D eigenvalue weighted by Crippen LogP contribution is 2.20. The van der Waals surface area contributed by atoms with Crippen LogP contribution in [0.15, 0.2) is 0 Å². The standard InChI is InChI=1S/C16H28N4O5S2/c1-8(2)12(17)15(23)20-5-3-4-11(20)14(22)18-9(6-26)13(21)19-10(7-27)16(24)25/h8-12,26-27H,3-7,17H2,1-2H3,(H,18,22)(H,19,21)(H,24,25). The summed E-state index contributed by atoms with van der Waals surface area (Å²) >= 11 is 7.94. The van der Waals surface area contributed by atoms with Crippen molar-refractivity contribution in [2.45, 2.75) is 50.9 Å². The van der Waals surface area contributed by atoms with E-state index in [-0.39, 0.29) is 23.3 Å². The lowest BCUT2D eigenvalue weighted by molar-refractivity contribution is -0.142. The zero-order valence-corrected chi connectivity index (χ0v) is 17.2. The van der Waals surface area contributed by atoms with Crippen LogP contribution < -0.4 is 16.4 Å². The van der Waals surface area contributed by atoms with Crippen molar-refractivity contribution >= 4 is 48.9 Å². The minimum absolute atomic E-state index is 0.0251. The molecule has 1 heterocycles. The molecule has 154 valence electrons. The van der Waals surface area contributed by atoms with Crippen LogP contribution in [-0.4, -0.2) is 75.9 Å². The van der Waals surface area contributed by atoms with Crippen LogP contribution >= 0.6 is 25.3 Å².